The molecule has 0 aromatic carbocycles. The zero-order chi connectivity index (χ0) is 18.6. The molecule has 2 aromatic heterocycles. The number of piperidine rings is 1. The summed E-state index contributed by atoms with van der Waals surface area (Å²) in [7, 11) is 0. The third kappa shape index (κ3) is 5.45. The van der Waals surface area contributed by atoms with Gasteiger partial charge in [0, 0.05) is 38.4 Å². The highest BCUT2D eigenvalue weighted by molar-refractivity contribution is 5.85. The minimum Gasteiger partial charge on any atom is -0.381 e. The van der Waals surface area contributed by atoms with Crippen molar-refractivity contribution in [1.82, 2.24) is 20.0 Å². The van der Waals surface area contributed by atoms with Gasteiger partial charge in [-0.05, 0) is 43.7 Å². The van der Waals surface area contributed by atoms with Crippen LogP contribution in [0.3, 0.4) is 0 Å². The number of pyridine rings is 1. The van der Waals surface area contributed by atoms with Crippen LogP contribution in [0.4, 0.5) is 0 Å². The van der Waals surface area contributed by atoms with Crippen LogP contribution in [0.5, 0.6) is 0 Å². The van der Waals surface area contributed by atoms with E-state index >= 15 is 0 Å². The van der Waals surface area contributed by atoms with E-state index in [2.05, 4.69) is 15.1 Å². The molecule has 4 heterocycles. The Morgan fingerprint density at radius 3 is 2.52 bits per heavy atom. The van der Waals surface area contributed by atoms with E-state index < -0.39 is 6.04 Å². The van der Waals surface area contributed by atoms with Crippen molar-refractivity contribution < 1.29 is 14.1 Å². The number of nitrogens with zero attached hydrogens (tertiary/aromatic N) is 4. The van der Waals surface area contributed by atoms with Gasteiger partial charge in [-0.15, -0.1) is 24.8 Å². The van der Waals surface area contributed by atoms with E-state index in [0.29, 0.717) is 43.7 Å². The maximum atomic E-state index is 12.7. The Balaban J connectivity index is 0.00000150. The molecular weight excluding hydrogens is 417 g/mol. The first-order valence-corrected chi connectivity index (χ1v) is 9.59. The fourth-order valence-electron chi connectivity index (χ4n) is 3.83. The van der Waals surface area contributed by atoms with E-state index in [4.69, 9.17) is 15.0 Å². The second-order valence-electron chi connectivity index (χ2n) is 7.25. The van der Waals surface area contributed by atoms with Crippen LogP contribution in [0.2, 0.25) is 0 Å². The number of carbonyl (C=O) groups is 1. The van der Waals surface area contributed by atoms with Crippen LogP contribution >= 0.6 is 24.8 Å². The molecule has 2 aromatic rings. The highest BCUT2D eigenvalue weighted by Crippen LogP contribution is 2.29. The Hall–Kier alpha value is -1.74. The number of nitrogens with two attached hydrogens (primary N) is 1. The first kappa shape index (κ1) is 23.5. The molecule has 2 N–H and O–H groups in total. The quantitative estimate of drug-likeness (QED) is 0.772. The molecule has 1 unspecified atom stereocenters. The van der Waals surface area contributed by atoms with Gasteiger partial charge in [-0.25, -0.2) is 0 Å². The topological polar surface area (TPSA) is 107 Å². The Kier molecular flexibility index (Phi) is 8.82. The summed E-state index contributed by atoms with van der Waals surface area (Å²) in [5.74, 6) is 1.57. The molecule has 0 saturated carbocycles. The van der Waals surface area contributed by atoms with Gasteiger partial charge in [0.05, 0.1) is 6.04 Å². The number of amides is 1. The van der Waals surface area contributed by atoms with Crippen LogP contribution in [-0.2, 0) is 9.53 Å². The number of hydrogen-bond acceptors (Lipinski definition) is 7. The van der Waals surface area contributed by atoms with Crippen molar-refractivity contribution in [2.45, 2.75) is 37.6 Å². The van der Waals surface area contributed by atoms with E-state index in [1.807, 2.05) is 23.1 Å². The normalized spacial score (nSPS) is 19.1. The van der Waals surface area contributed by atoms with Gasteiger partial charge in [0.2, 0.25) is 17.6 Å². The van der Waals surface area contributed by atoms with Gasteiger partial charge in [-0.1, -0.05) is 11.2 Å². The Morgan fingerprint density at radius 2 is 1.86 bits per heavy atom. The second-order valence-corrected chi connectivity index (χ2v) is 7.25. The van der Waals surface area contributed by atoms with Crippen LogP contribution in [0.1, 0.15) is 37.5 Å². The van der Waals surface area contributed by atoms with E-state index in [1.165, 1.54) is 0 Å². The average molecular weight is 444 g/mol. The van der Waals surface area contributed by atoms with Crippen molar-refractivity contribution in [3.05, 3.63) is 30.3 Å². The molecule has 8 nitrogen and oxygen atoms in total. The zero-order valence-corrected chi connectivity index (χ0v) is 17.7. The van der Waals surface area contributed by atoms with Crippen molar-refractivity contribution >= 4 is 30.7 Å². The summed E-state index contributed by atoms with van der Waals surface area (Å²) in [6.07, 6.45) is 5.03. The summed E-state index contributed by atoms with van der Waals surface area (Å²) in [5.41, 5.74) is 6.94. The molecule has 0 radical (unpaired) electrons. The molecule has 1 amide bonds. The number of likely N-dealkylation sites (tertiary alicyclic amines) is 1. The van der Waals surface area contributed by atoms with E-state index in [1.54, 1.807) is 6.20 Å². The maximum Gasteiger partial charge on any atom is 0.239 e. The number of halogens is 2. The molecule has 2 saturated heterocycles. The third-order valence-corrected chi connectivity index (χ3v) is 5.55. The first-order chi connectivity index (χ1) is 13.2. The van der Waals surface area contributed by atoms with Crippen molar-refractivity contribution in [2.24, 2.45) is 11.7 Å². The summed E-state index contributed by atoms with van der Waals surface area (Å²) < 4.78 is 10.8. The minimum absolute atomic E-state index is 0. The molecule has 0 spiro atoms. The summed E-state index contributed by atoms with van der Waals surface area (Å²) in [6.45, 7) is 2.73. The van der Waals surface area contributed by atoms with Crippen LogP contribution < -0.4 is 5.73 Å². The molecule has 0 bridgehead atoms. The largest absolute Gasteiger partial charge is 0.381 e. The van der Waals surface area contributed by atoms with Crippen molar-refractivity contribution in [2.75, 3.05) is 26.3 Å². The standard InChI is InChI=1S/C19H25N5O3.2ClH/c20-16(13-6-11-26-12-7-13)19(25)24-9-4-14(5-10-24)18-22-17(23-27-18)15-3-1-2-8-21-15;;/h1-3,8,13-14,16H,4-7,9-12,20H2;2*1H. The third-order valence-electron chi connectivity index (χ3n) is 5.55. The minimum atomic E-state index is -0.426. The number of hydrogen-bond donors (Lipinski definition) is 1. The van der Waals surface area contributed by atoms with Gasteiger partial charge in [0.25, 0.3) is 0 Å². The molecule has 1 atom stereocenters. The zero-order valence-electron chi connectivity index (χ0n) is 16.1. The van der Waals surface area contributed by atoms with Crippen LogP contribution in [0, 0.1) is 5.92 Å². The lowest BCUT2D eigenvalue weighted by atomic mass is 9.90. The van der Waals surface area contributed by atoms with E-state index in [-0.39, 0.29) is 42.6 Å². The molecular formula is C19H27Cl2N5O3. The lowest BCUT2D eigenvalue weighted by Crippen LogP contribution is -2.51. The molecule has 0 aliphatic carbocycles. The maximum absolute atomic E-state index is 12.7. The van der Waals surface area contributed by atoms with Gasteiger partial charge in [-0.3, -0.25) is 9.78 Å². The van der Waals surface area contributed by atoms with Crippen LogP contribution in [-0.4, -0.2) is 58.3 Å². The van der Waals surface area contributed by atoms with Crippen molar-refractivity contribution in [3.63, 3.8) is 0 Å². The van der Waals surface area contributed by atoms with E-state index in [9.17, 15) is 4.79 Å². The molecule has 4 rings (SSSR count). The van der Waals surface area contributed by atoms with Gasteiger partial charge in [0.15, 0.2) is 0 Å². The number of rotatable bonds is 4. The fourth-order valence-corrected chi connectivity index (χ4v) is 3.83. The smallest absolute Gasteiger partial charge is 0.239 e. The van der Waals surface area contributed by atoms with Gasteiger partial charge < -0.3 is 19.9 Å². The fraction of sp³-hybridized carbons (Fsp3) is 0.579. The van der Waals surface area contributed by atoms with Gasteiger partial charge in [-0.2, -0.15) is 4.98 Å². The Bertz CT molecular complexity index is 762. The van der Waals surface area contributed by atoms with Crippen molar-refractivity contribution in [3.8, 4) is 11.5 Å². The lowest BCUT2D eigenvalue weighted by Gasteiger charge is -2.35. The number of aromatic nitrogens is 3. The van der Waals surface area contributed by atoms with Gasteiger partial charge in [0.1, 0.15) is 5.69 Å². The SMILES string of the molecule is Cl.Cl.NC(C(=O)N1CCC(c2nc(-c3ccccn3)no2)CC1)C1CCOCC1. The summed E-state index contributed by atoms with van der Waals surface area (Å²) in [4.78, 5) is 23.4. The summed E-state index contributed by atoms with van der Waals surface area (Å²) >= 11 is 0. The summed E-state index contributed by atoms with van der Waals surface area (Å²) in [5, 5.41) is 4.04. The molecule has 2 aliphatic heterocycles. The van der Waals surface area contributed by atoms with E-state index in [0.717, 1.165) is 25.7 Å². The Labute approximate surface area is 182 Å². The number of ether oxygens (including phenoxy) is 1. The molecule has 2 fully saturated rings. The molecule has 10 heteroatoms. The van der Waals surface area contributed by atoms with Crippen LogP contribution in [0.15, 0.2) is 28.9 Å². The second kappa shape index (κ2) is 10.9. The lowest BCUT2D eigenvalue weighted by molar-refractivity contribution is -0.135. The summed E-state index contributed by atoms with van der Waals surface area (Å²) in [6, 6.07) is 5.17. The van der Waals surface area contributed by atoms with Gasteiger partial charge >= 0.3 is 0 Å². The highest BCUT2D eigenvalue weighted by Gasteiger charge is 2.33. The highest BCUT2D eigenvalue weighted by atomic mass is 35.5. The predicted octanol–water partition coefficient (Wildman–Crippen LogP) is 2.44. The molecule has 2 aliphatic rings. The van der Waals surface area contributed by atoms with Crippen molar-refractivity contribution in [1.29, 1.82) is 0 Å². The van der Waals surface area contributed by atoms with Crippen LogP contribution in [0.25, 0.3) is 11.5 Å². The Morgan fingerprint density at radius 1 is 1.14 bits per heavy atom. The first-order valence-electron chi connectivity index (χ1n) is 9.59. The average Bonchev–Trinajstić information content (AvgIpc) is 3.24. The predicted molar refractivity (Wildman–Crippen MR) is 112 cm³/mol. The molecule has 29 heavy (non-hydrogen) atoms. The molecule has 160 valence electrons. The monoisotopic (exact) mass is 443 g/mol. The number of carbonyl (C=O) groups excluding carboxylic acids is 1.